The van der Waals surface area contributed by atoms with Gasteiger partial charge < -0.3 is 14.6 Å². The number of benzene rings is 1. The van der Waals surface area contributed by atoms with E-state index < -0.39 is 11.2 Å². The van der Waals surface area contributed by atoms with Crippen molar-refractivity contribution in [3.05, 3.63) is 56.3 Å². The van der Waals surface area contributed by atoms with Gasteiger partial charge in [-0.1, -0.05) is 11.6 Å². The van der Waals surface area contributed by atoms with Crippen LogP contribution >= 0.6 is 11.6 Å². The molecule has 116 valence electrons. The second-order valence-electron chi connectivity index (χ2n) is 4.45. The zero-order chi connectivity index (χ0) is 16.1. The number of nitrogens with one attached hydrogen (secondary N) is 2. The van der Waals surface area contributed by atoms with Crippen LogP contribution in [-0.2, 0) is 11.3 Å². The van der Waals surface area contributed by atoms with Gasteiger partial charge in [-0.25, -0.2) is 4.79 Å². The molecule has 0 spiro atoms. The van der Waals surface area contributed by atoms with Gasteiger partial charge in [-0.2, -0.15) is 0 Å². The number of ether oxygens (including phenoxy) is 1. The minimum atomic E-state index is -0.555. The van der Waals surface area contributed by atoms with E-state index in [1.54, 1.807) is 18.2 Å². The monoisotopic (exact) mass is 323 g/mol. The van der Waals surface area contributed by atoms with E-state index in [1.807, 2.05) is 0 Å². The van der Waals surface area contributed by atoms with Crippen LogP contribution in [0.3, 0.4) is 0 Å². The standard InChI is InChI=1S/C14H14ClN3O4/c1-22-11-3-2-9(15)8-10(11)16-12(19)4-6-18-7-5-13(20)17-14(18)21/h2-3,5,7-8H,4,6H2,1H3,(H,16,19)(H,17,20,21). The number of aromatic nitrogens is 2. The number of H-pyrrole nitrogens is 1. The average molecular weight is 324 g/mol. The summed E-state index contributed by atoms with van der Waals surface area (Å²) in [5, 5.41) is 3.13. The van der Waals surface area contributed by atoms with E-state index in [4.69, 9.17) is 16.3 Å². The first-order valence-corrected chi connectivity index (χ1v) is 6.80. The third-order valence-electron chi connectivity index (χ3n) is 2.91. The molecule has 1 heterocycles. The van der Waals surface area contributed by atoms with Crippen LogP contribution in [-0.4, -0.2) is 22.6 Å². The van der Waals surface area contributed by atoms with Crippen molar-refractivity contribution in [3.63, 3.8) is 0 Å². The highest BCUT2D eigenvalue weighted by Crippen LogP contribution is 2.27. The van der Waals surface area contributed by atoms with Gasteiger partial charge in [0.15, 0.2) is 0 Å². The van der Waals surface area contributed by atoms with Crippen LogP contribution in [0.15, 0.2) is 40.1 Å². The molecule has 0 saturated carbocycles. The molecule has 1 amide bonds. The van der Waals surface area contributed by atoms with Crippen molar-refractivity contribution < 1.29 is 9.53 Å². The Hall–Kier alpha value is -2.54. The number of hydrogen-bond acceptors (Lipinski definition) is 4. The van der Waals surface area contributed by atoms with Gasteiger partial charge in [0.1, 0.15) is 5.75 Å². The maximum atomic E-state index is 11.9. The summed E-state index contributed by atoms with van der Waals surface area (Å²) >= 11 is 5.88. The van der Waals surface area contributed by atoms with E-state index in [1.165, 1.54) is 23.9 Å². The number of methoxy groups -OCH3 is 1. The van der Waals surface area contributed by atoms with Gasteiger partial charge in [0.25, 0.3) is 5.56 Å². The number of aromatic amines is 1. The van der Waals surface area contributed by atoms with Gasteiger partial charge in [-0.15, -0.1) is 0 Å². The van der Waals surface area contributed by atoms with Crippen molar-refractivity contribution in [1.82, 2.24) is 9.55 Å². The Kier molecular flexibility index (Phi) is 5.00. The van der Waals surface area contributed by atoms with E-state index >= 15 is 0 Å². The van der Waals surface area contributed by atoms with Crippen molar-refractivity contribution in [3.8, 4) is 5.75 Å². The fourth-order valence-corrected chi connectivity index (χ4v) is 2.01. The fourth-order valence-electron chi connectivity index (χ4n) is 1.83. The molecule has 0 aliphatic heterocycles. The third-order valence-corrected chi connectivity index (χ3v) is 3.15. The van der Waals surface area contributed by atoms with Crippen molar-refractivity contribution in [2.45, 2.75) is 13.0 Å². The van der Waals surface area contributed by atoms with Crippen molar-refractivity contribution >= 4 is 23.2 Å². The second kappa shape index (κ2) is 6.95. The summed E-state index contributed by atoms with van der Waals surface area (Å²) in [5.41, 5.74) is -0.580. The van der Waals surface area contributed by atoms with E-state index in [0.29, 0.717) is 16.5 Å². The number of aryl methyl sites for hydroxylation is 1. The number of nitrogens with zero attached hydrogens (tertiary/aromatic N) is 1. The van der Waals surface area contributed by atoms with Crippen LogP contribution < -0.4 is 21.3 Å². The number of carbonyl (C=O) groups is 1. The molecule has 0 radical (unpaired) electrons. The van der Waals surface area contributed by atoms with Crippen molar-refractivity contribution in [2.24, 2.45) is 0 Å². The van der Waals surface area contributed by atoms with E-state index in [0.717, 1.165) is 0 Å². The minimum absolute atomic E-state index is 0.0572. The average Bonchev–Trinajstić information content (AvgIpc) is 2.46. The van der Waals surface area contributed by atoms with Crippen LogP contribution in [0.1, 0.15) is 6.42 Å². The largest absolute Gasteiger partial charge is 0.495 e. The first-order valence-electron chi connectivity index (χ1n) is 6.43. The highest BCUT2D eigenvalue weighted by atomic mass is 35.5. The number of carbonyl (C=O) groups excluding carboxylic acids is 1. The topological polar surface area (TPSA) is 93.2 Å². The molecule has 0 bridgehead atoms. The zero-order valence-electron chi connectivity index (χ0n) is 11.8. The molecule has 1 aromatic carbocycles. The maximum Gasteiger partial charge on any atom is 0.328 e. The minimum Gasteiger partial charge on any atom is -0.495 e. The molecular weight excluding hydrogens is 310 g/mol. The van der Waals surface area contributed by atoms with E-state index in [-0.39, 0.29) is 18.9 Å². The van der Waals surface area contributed by atoms with Crippen molar-refractivity contribution in [1.29, 1.82) is 0 Å². The van der Waals surface area contributed by atoms with Crippen LogP contribution in [0.4, 0.5) is 5.69 Å². The lowest BCUT2D eigenvalue weighted by molar-refractivity contribution is -0.116. The lowest BCUT2D eigenvalue weighted by Gasteiger charge is -2.11. The summed E-state index contributed by atoms with van der Waals surface area (Å²) in [6, 6.07) is 6.09. The van der Waals surface area contributed by atoms with E-state index in [9.17, 15) is 14.4 Å². The summed E-state index contributed by atoms with van der Waals surface area (Å²) in [7, 11) is 1.48. The number of halogens is 1. The van der Waals surface area contributed by atoms with Gasteiger partial charge in [0.2, 0.25) is 5.91 Å². The summed E-state index contributed by atoms with van der Waals surface area (Å²) in [5.74, 6) is 0.178. The molecule has 0 saturated heterocycles. The maximum absolute atomic E-state index is 11.9. The molecule has 2 N–H and O–H groups in total. The summed E-state index contributed by atoms with van der Waals surface area (Å²) in [4.78, 5) is 36.5. The Morgan fingerprint density at radius 2 is 2.14 bits per heavy atom. The summed E-state index contributed by atoms with van der Waals surface area (Å²) < 4.78 is 6.37. The number of rotatable bonds is 5. The molecule has 8 heteroatoms. The Bertz CT molecular complexity index is 797. The zero-order valence-corrected chi connectivity index (χ0v) is 12.5. The van der Waals surface area contributed by atoms with Crippen LogP contribution in [0.25, 0.3) is 0 Å². The molecule has 0 aliphatic rings. The first kappa shape index (κ1) is 15.8. The van der Waals surface area contributed by atoms with Crippen LogP contribution in [0, 0.1) is 0 Å². The molecule has 2 aromatic rings. The fraction of sp³-hybridized carbons (Fsp3) is 0.214. The summed E-state index contributed by atoms with van der Waals surface area (Å²) in [6.07, 6.45) is 1.40. The predicted molar refractivity (Wildman–Crippen MR) is 82.6 cm³/mol. The molecule has 0 aliphatic carbocycles. The molecular formula is C14H14ClN3O4. The molecule has 0 fully saturated rings. The SMILES string of the molecule is COc1ccc(Cl)cc1NC(=O)CCn1ccc(=O)[nH]c1=O. The highest BCUT2D eigenvalue weighted by molar-refractivity contribution is 6.31. The molecule has 0 unspecified atom stereocenters. The molecule has 2 rings (SSSR count). The first-order chi connectivity index (χ1) is 10.5. The molecule has 7 nitrogen and oxygen atoms in total. The lowest BCUT2D eigenvalue weighted by Crippen LogP contribution is -2.29. The predicted octanol–water partition coefficient (Wildman–Crippen LogP) is 1.23. The summed E-state index contributed by atoms with van der Waals surface area (Å²) in [6.45, 7) is 0.143. The Morgan fingerprint density at radius 3 is 2.82 bits per heavy atom. The normalized spacial score (nSPS) is 10.3. The van der Waals surface area contributed by atoms with Crippen LogP contribution in [0.2, 0.25) is 5.02 Å². The molecule has 0 atom stereocenters. The molecule has 22 heavy (non-hydrogen) atoms. The smallest absolute Gasteiger partial charge is 0.328 e. The van der Waals surface area contributed by atoms with Crippen molar-refractivity contribution in [2.75, 3.05) is 12.4 Å². The van der Waals surface area contributed by atoms with Gasteiger partial charge in [0, 0.05) is 30.3 Å². The van der Waals surface area contributed by atoms with Gasteiger partial charge in [-0.3, -0.25) is 14.6 Å². The quantitative estimate of drug-likeness (QED) is 0.865. The number of anilines is 1. The second-order valence-corrected chi connectivity index (χ2v) is 4.88. The van der Waals surface area contributed by atoms with Gasteiger partial charge in [0.05, 0.1) is 12.8 Å². The number of amides is 1. The van der Waals surface area contributed by atoms with Crippen LogP contribution in [0.5, 0.6) is 5.75 Å². The Balaban J connectivity index is 2.03. The van der Waals surface area contributed by atoms with Gasteiger partial charge >= 0.3 is 5.69 Å². The lowest BCUT2D eigenvalue weighted by atomic mass is 10.2. The third kappa shape index (κ3) is 3.98. The number of hydrogen-bond donors (Lipinski definition) is 2. The Labute approximate surface area is 130 Å². The highest BCUT2D eigenvalue weighted by Gasteiger charge is 2.09. The Morgan fingerprint density at radius 1 is 1.36 bits per heavy atom. The van der Waals surface area contributed by atoms with E-state index in [2.05, 4.69) is 10.3 Å². The molecule has 1 aromatic heterocycles. The van der Waals surface area contributed by atoms with Gasteiger partial charge in [-0.05, 0) is 18.2 Å².